The van der Waals surface area contributed by atoms with Crippen molar-refractivity contribution in [3.05, 3.63) is 35.4 Å². The maximum absolute atomic E-state index is 12.8. The Morgan fingerprint density at radius 2 is 1.89 bits per heavy atom. The maximum atomic E-state index is 12.8. The monoisotopic (exact) mass is 375 g/mol. The van der Waals surface area contributed by atoms with E-state index in [0.717, 1.165) is 0 Å². The van der Waals surface area contributed by atoms with Crippen molar-refractivity contribution in [1.29, 1.82) is 0 Å². The van der Waals surface area contributed by atoms with Gasteiger partial charge in [0, 0.05) is 44.2 Å². The van der Waals surface area contributed by atoms with Crippen LogP contribution in [-0.2, 0) is 9.59 Å². The van der Waals surface area contributed by atoms with Crippen LogP contribution in [0.25, 0.3) is 0 Å². The summed E-state index contributed by atoms with van der Waals surface area (Å²) in [6.45, 7) is 1.98. The summed E-state index contributed by atoms with van der Waals surface area (Å²) >= 11 is 0. The molecule has 0 saturated carbocycles. The average molecular weight is 375 g/mol. The lowest BCUT2D eigenvalue weighted by Gasteiger charge is -2.28. The molecule has 8 nitrogen and oxygen atoms in total. The molecule has 0 aliphatic carbocycles. The molecule has 0 spiro atoms. The number of carboxylic acids is 1. The van der Waals surface area contributed by atoms with Crippen LogP contribution in [0.15, 0.2) is 24.3 Å². The Morgan fingerprint density at radius 3 is 2.52 bits per heavy atom. The fourth-order valence-electron chi connectivity index (χ4n) is 3.36. The Labute approximate surface area is 158 Å². The molecule has 2 N–H and O–H groups in total. The summed E-state index contributed by atoms with van der Waals surface area (Å²) in [5.41, 5.74) is 0.851. The average Bonchev–Trinajstić information content (AvgIpc) is 2.90. The van der Waals surface area contributed by atoms with Gasteiger partial charge in [0.2, 0.25) is 5.91 Å². The molecule has 1 aromatic rings. The fourth-order valence-corrected chi connectivity index (χ4v) is 3.36. The van der Waals surface area contributed by atoms with Gasteiger partial charge in [0.05, 0.1) is 0 Å². The van der Waals surface area contributed by atoms with Crippen molar-refractivity contribution in [3.8, 4) is 0 Å². The number of likely N-dealkylation sites (tertiary alicyclic amines) is 1. The first-order chi connectivity index (χ1) is 12.8. The van der Waals surface area contributed by atoms with Crippen molar-refractivity contribution < 1.29 is 24.3 Å². The second-order valence-corrected chi connectivity index (χ2v) is 6.58. The number of amides is 3. The SMILES string of the molecule is CNC(=O)c1cccc(C(=O)N2CCC[C@@H](N(CC(=O)O)C(C)=O)CC2)c1. The summed E-state index contributed by atoms with van der Waals surface area (Å²) in [4.78, 5) is 50.5. The van der Waals surface area contributed by atoms with Crippen LogP contribution in [0.2, 0.25) is 0 Å². The normalized spacial score (nSPS) is 17.0. The second kappa shape index (κ2) is 9.16. The third-order valence-corrected chi connectivity index (χ3v) is 4.73. The predicted octanol–water partition coefficient (Wildman–Crippen LogP) is 0.974. The number of rotatable bonds is 5. The van der Waals surface area contributed by atoms with Crippen molar-refractivity contribution in [2.24, 2.45) is 0 Å². The van der Waals surface area contributed by atoms with Gasteiger partial charge in [0.25, 0.3) is 11.8 Å². The standard InChI is InChI=1S/C19H25N3O5/c1-13(23)22(12-17(24)25)16-7-4-9-21(10-8-16)19(27)15-6-3-5-14(11-15)18(26)20-2/h3,5-6,11,16H,4,7-10,12H2,1-2H3,(H,20,26)(H,24,25)/t16-/m1/s1. The van der Waals surface area contributed by atoms with Gasteiger partial charge >= 0.3 is 5.97 Å². The van der Waals surface area contributed by atoms with Crippen molar-refractivity contribution in [2.45, 2.75) is 32.2 Å². The lowest BCUT2D eigenvalue weighted by Crippen LogP contribution is -2.43. The Balaban J connectivity index is 2.09. The van der Waals surface area contributed by atoms with E-state index < -0.39 is 5.97 Å². The first kappa shape index (κ1) is 20.4. The number of carbonyl (C=O) groups excluding carboxylic acids is 3. The van der Waals surface area contributed by atoms with E-state index >= 15 is 0 Å². The molecule has 1 saturated heterocycles. The molecule has 0 bridgehead atoms. The summed E-state index contributed by atoms with van der Waals surface area (Å²) in [6, 6.07) is 6.35. The summed E-state index contributed by atoms with van der Waals surface area (Å²) in [6.07, 6.45) is 1.84. The molecule has 1 fully saturated rings. The minimum Gasteiger partial charge on any atom is -0.480 e. The van der Waals surface area contributed by atoms with Crippen molar-refractivity contribution in [1.82, 2.24) is 15.1 Å². The molecule has 1 aliphatic heterocycles. The largest absolute Gasteiger partial charge is 0.480 e. The van der Waals surface area contributed by atoms with Crippen LogP contribution in [0, 0.1) is 0 Å². The van der Waals surface area contributed by atoms with Gasteiger partial charge in [0.1, 0.15) is 6.54 Å². The summed E-state index contributed by atoms with van der Waals surface area (Å²) in [7, 11) is 1.53. The van der Waals surface area contributed by atoms with Crippen LogP contribution >= 0.6 is 0 Å². The van der Waals surface area contributed by atoms with E-state index in [9.17, 15) is 19.2 Å². The van der Waals surface area contributed by atoms with E-state index in [1.165, 1.54) is 18.9 Å². The highest BCUT2D eigenvalue weighted by Crippen LogP contribution is 2.19. The van der Waals surface area contributed by atoms with E-state index in [4.69, 9.17) is 5.11 Å². The second-order valence-electron chi connectivity index (χ2n) is 6.58. The van der Waals surface area contributed by atoms with Gasteiger partial charge in [-0.2, -0.15) is 0 Å². The molecule has 0 radical (unpaired) electrons. The number of benzene rings is 1. The number of nitrogens with one attached hydrogen (secondary N) is 1. The zero-order valence-corrected chi connectivity index (χ0v) is 15.6. The zero-order valence-electron chi connectivity index (χ0n) is 15.6. The molecule has 0 unspecified atom stereocenters. The number of carboxylic acid groups (broad SMARTS) is 1. The molecule has 1 heterocycles. The smallest absolute Gasteiger partial charge is 0.323 e. The Hall–Kier alpha value is -2.90. The number of nitrogens with zero attached hydrogens (tertiary/aromatic N) is 2. The Morgan fingerprint density at radius 1 is 1.19 bits per heavy atom. The minimum atomic E-state index is -1.05. The van der Waals surface area contributed by atoms with E-state index in [1.807, 2.05) is 0 Å². The molecule has 1 atom stereocenters. The third-order valence-electron chi connectivity index (χ3n) is 4.73. The van der Waals surface area contributed by atoms with Gasteiger partial charge in [-0.3, -0.25) is 19.2 Å². The summed E-state index contributed by atoms with van der Waals surface area (Å²) < 4.78 is 0. The molecular weight excluding hydrogens is 350 g/mol. The molecule has 1 aromatic carbocycles. The highest BCUT2D eigenvalue weighted by Gasteiger charge is 2.28. The molecule has 1 aliphatic rings. The maximum Gasteiger partial charge on any atom is 0.323 e. The van der Waals surface area contributed by atoms with E-state index in [2.05, 4.69) is 5.32 Å². The molecule has 8 heteroatoms. The van der Waals surface area contributed by atoms with E-state index in [-0.39, 0.29) is 30.3 Å². The summed E-state index contributed by atoms with van der Waals surface area (Å²) in [5.74, 6) is -1.76. The van der Waals surface area contributed by atoms with Gasteiger partial charge in [-0.05, 0) is 37.5 Å². The molecule has 3 amide bonds. The van der Waals surface area contributed by atoms with Crippen molar-refractivity contribution in [3.63, 3.8) is 0 Å². The van der Waals surface area contributed by atoms with Crippen molar-refractivity contribution >= 4 is 23.7 Å². The lowest BCUT2D eigenvalue weighted by molar-refractivity contribution is -0.145. The third kappa shape index (κ3) is 5.29. The molecular formula is C19H25N3O5. The van der Waals surface area contributed by atoms with Crippen LogP contribution in [0.1, 0.15) is 46.9 Å². The van der Waals surface area contributed by atoms with Crippen LogP contribution in [-0.4, -0.2) is 71.3 Å². The molecule has 0 aromatic heterocycles. The molecule has 2 rings (SSSR count). The number of hydrogen-bond donors (Lipinski definition) is 2. The molecule has 146 valence electrons. The van der Waals surface area contributed by atoms with Gasteiger partial charge in [-0.1, -0.05) is 6.07 Å². The lowest BCUT2D eigenvalue weighted by atomic mass is 10.1. The van der Waals surface area contributed by atoms with E-state index in [1.54, 1.807) is 29.2 Å². The van der Waals surface area contributed by atoms with Crippen LogP contribution < -0.4 is 5.32 Å². The minimum absolute atomic E-state index is 0.172. The Kier molecular flexibility index (Phi) is 6.92. The number of carbonyl (C=O) groups is 4. The summed E-state index contributed by atoms with van der Waals surface area (Å²) in [5, 5.41) is 11.6. The van der Waals surface area contributed by atoms with Gasteiger partial charge < -0.3 is 20.2 Å². The Bertz CT molecular complexity index is 734. The van der Waals surface area contributed by atoms with Crippen LogP contribution in [0.4, 0.5) is 0 Å². The highest BCUT2D eigenvalue weighted by molar-refractivity contribution is 5.99. The molecule has 27 heavy (non-hydrogen) atoms. The number of hydrogen-bond acceptors (Lipinski definition) is 4. The number of aliphatic carboxylic acids is 1. The van der Waals surface area contributed by atoms with Crippen LogP contribution in [0.5, 0.6) is 0 Å². The van der Waals surface area contributed by atoms with Gasteiger partial charge in [-0.15, -0.1) is 0 Å². The quantitative estimate of drug-likeness (QED) is 0.798. The van der Waals surface area contributed by atoms with E-state index in [0.29, 0.717) is 43.5 Å². The fraction of sp³-hybridized carbons (Fsp3) is 0.474. The van der Waals surface area contributed by atoms with Crippen molar-refractivity contribution in [2.75, 3.05) is 26.7 Å². The topological polar surface area (TPSA) is 107 Å². The highest BCUT2D eigenvalue weighted by atomic mass is 16.4. The predicted molar refractivity (Wildman–Crippen MR) is 98.4 cm³/mol. The van der Waals surface area contributed by atoms with Gasteiger partial charge in [0.15, 0.2) is 0 Å². The first-order valence-electron chi connectivity index (χ1n) is 8.94. The van der Waals surface area contributed by atoms with Gasteiger partial charge in [-0.25, -0.2) is 0 Å². The first-order valence-corrected chi connectivity index (χ1v) is 8.94. The zero-order chi connectivity index (χ0) is 20.0. The van der Waals surface area contributed by atoms with Crippen LogP contribution in [0.3, 0.4) is 0 Å².